The summed E-state index contributed by atoms with van der Waals surface area (Å²) in [5, 5.41) is 0. The third kappa shape index (κ3) is 8.18. The average Bonchev–Trinajstić information content (AvgIpc) is 2.30. The number of allylic oxidation sites excluding steroid dienone is 2. The Balaban J connectivity index is 2.31. The van der Waals surface area contributed by atoms with Gasteiger partial charge in [-0.2, -0.15) is 0 Å². The van der Waals surface area contributed by atoms with Crippen molar-refractivity contribution in [3.8, 4) is 0 Å². The van der Waals surface area contributed by atoms with Gasteiger partial charge in [-0.15, -0.1) is 0 Å². The molecule has 1 aliphatic carbocycles. The number of Topliss-reactive ketones (excluding diaryl/α,β-unsaturated/α-hetero) is 1. The molecule has 0 amide bonds. The Hall–Kier alpha value is -0.590. The fraction of sp³-hybridized carbons (Fsp3) is 0.812. The van der Waals surface area contributed by atoms with E-state index in [1.165, 1.54) is 44.9 Å². The second-order valence-corrected chi connectivity index (χ2v) is 5.57. The molecule has 0 heterocycles. The molecule has 0 aromatic heterocycles. The molecule has 0 fully saturated rings. The van der Waals surface area contributed by atoms with Gasteiger partial charge >= 0.3 is 0 Å². The van der Waals surface area contributed by atoms with Crippen molar-refractivity contribution in [1.29, 1.82) is 0 Å². The van der Waals surface area contributed by atoms with Crippen LogP contribution in [0.5, 0.6) is 0 Å². The molecule has 0 spiro atoms. The Morgan fingerprint density at radius 3 is 2.35 bits per heavy atom. The third-order valence-corrected chi connectivity index (χ3v) is 3.61. The molecule has 1 nitrogen and oxygen atoms in total. The summed E-state index contributed by atoms with van der Waals surface area (Å²) in [7, 11) is 0. The van der Waals surface area contributed by atoms with E-state index in [2.05, 4.69) is 19.1 Å². The van der Waals surface area contributed by atoms with Gasteiger partial charge in [0.15, 0.2) is 0 Å². The first kappa shape index (κ1) is 14.5. The lowest BCUT2D eigenvalue weighted by atomic mass is 9.97. The molecule has 0 aliphatic heterocycles. The van der Waals surface area contributed by atoms with E-state index in [0.29, 0.717) is 11.7 Å². The average molecular weight is 236 g/mol. The summed E-state index contributed by atoms with van der Waals surface area (Å²) >= 11 is 0. The molecule has 0 N–H and O–H groups in total. The largest absolute Gasteiger partial charge is 0.300 e. The third-order valence-electron chi connectivity index (χ3n) is 3.61. The Morgan fingerprint density at radius 2 is 1.59 bits per heavy atom. The zero-order valence-electron chi connectivity index (χ0n) is 11.4. The first-order chi connectivity index (χ1) is 8.29. The van der Waals surface area contributed by atoms with Gasteiger partial charge in [-0.25, -0.2) is 0 Å². The Kier molecular flexibility index (Phi) is 8.04. The monoisotopic (exact) mass is 236 g/mol. The van der Waals surface area contributed by atoms with E-state index in [1.807, 2.05) is 0 Å². The van der Waals surface area contributed by atoms with Gasteiger partial charge in [0, 0.05) is 12.8 Å². The normalized spacial score (nSPS) is 28.1. The molecule has 0 saturated heterocycles. The minimum Gasteiger partial charge on any atom is -0.300 e. The lowest BCUT2D eigenvalue weighted by Crippen LogP contribution is -2.04. The Labute approximate surface area is 107 Å². The highest BCUT2D eigenvalue weighted by molar-refractivity contribution is 5.78. The molecule has 1 atom stereocenters. The van der Waals surface area contributed by atoms with Crippen molar-refractivity contribution in [2.75, 3.05) is 0 Å². The summed E-state index contributed by atoms with van der Waals surface area (Å²) < 4.78 is 0. The smallest absolute Gasteiger partial charge is 0.133 e. The number of hydrogen-bond donors (Lipinski definition) is 0. The van der Waals surface area contributed by atoms with Crippen molar-refractivity contribution < 1.29 is 4.79 Å². The summed E-state index contributed by atoms with van der Waals surface area (Å²) in [5.41, 5.74) is 0. The van der Waals surface area contributed by atoms with E-state index >= 15 is 0 Å². The minimum atomic E-state index is 0.473. The summed E-state index contributed by atoms with van der Waals surface area (Å²) in [5.74, 6) is 1.00. The SMILES string of the molecule is C[C@H]1C/C=C\CCCCCCCCCC(=O)C1. The van der Waals surface area contributed by atoms with Crippen molar-refractivity contribution in [1.82, 2.24) is 0 Å². The molecule has 0 unspecified atom stereocenters. The number of carbonyl (C=O) groups is 1. The molecule has 1 heteroatoms. The van der Waals surface area contributed by atoms with E-state index < -0.39 is 0 Å². The summed E-state index contributed by atoms with van der Waals surface area (Å²) in [4.78, 5) is 11.7. The summed E-state index contributed by atoms with van der Waals surface area (Å²) in [6, 6.07) is 0. The van der Waals surface area contributed by atoms with Crippen molar-refractivity contribution >= 4 is 5.78 Å². The molecular formula is C16H28O. The number of ketones is 1. The molecule has 0 aromatic rings. The van der Waals surface area contributed by atoms with Crippen LogP contribution in [0.3, 0.4) is 0 Å². The van der Waals surface area contributed by atoms with Gasteiger partial charge in [-0.3, -0.25) is 4.79 Å². The molecular weight excluding hydrogens is 208 g/mol. The standard InChI is InChI=1S/C16H28O/c1-15-12-10-8-6-4-2-3-5-7-9-11-13-16(17)14-15/h8,10,15H,2-7,9,11-14H2,1H3/b10-8-/t15-/m0/s1. The predicted molar refractivity (Wildman–Crippen MR) is 74.1 cm³/mol. The highest BCUT2D eigenvalue weighted by Crippen LogP contribution is 2.15. The fourth-order valence-corrected chi connectivity index (χ4v) is 2.49. The van der Waals surface area contributed by atoms with Gasteiger partial charge in [-0.05, 0) is 31.6 Å². The van der Waals surface area contributed by atoms with Crippen LogP contribution in [-0.4, -0.2) is 5.78 Å². The molecule has 17 heavy (non-hydrogen) atoms. The molecule has 0 aromatic carbocycles. The maximum absolute atomic E-state index is 11.7. The first-order valence-corrected chi connectivity index (χ1v) is 7.45. The summed E-state index contributed by atoms with van der Waals surface area (Å²) in [6.45, 7) is 2.19. The van der Waals surface area contributed by atoms with Crippen LogP contribution in [0.25, 0.3) is 0 Å². The lowest BCUT2D eigenvalue weighted by molar-refractivity contribution is -0.119. The van der Waals surface area contributed by atoms with Crippen LogP contribution in [0.15, 0.2) is 12.2 Å². The molecule has 0 bridgehead atoms. The number of hydrogen-bond acceptors (Lipinski definition) is 1. The topological polar surface area (TPSA) is 17.1 Å². The van der Waals surface area contributed by atoms with Crippen LogP contribution in [0.4, 0.5) is 0 Å². The van der Waals surface area contributed by atoms with Gasteiger partial charge in [0.1, 0.15) is 5.78 Å². The molecule has 0 radical (unpaired) electrons. The van der Waals surface area contributed by atoms with E-state index in [1.54, 1.807) is 0 Å². The molecule has 98 valence electrons. The van der Waals surface area contributed by atoms with Crippen LogP contribution in [-0.2, 0) is 4.79 Å². The van der Waals surface area contributed by atoms with Crippen LogP contribution in [0.2, 0.25) is 0 Å². The zero-order chi connectivity index (χ0) is 12.3. The van der Waals surface area contributed by atoms with Crippen LogP contribution >= 0.6 is 0 Å². The van der Waals surface area contributed by atoms with Crippen LogP contribution in [0.1, 0.15) is 77.6 Å². The Bertz CT molecular complexity index is 230. The van der Waals surface area contributed by atoms with Crippen LogP contribution < -0.4 is 0 Å². The van der Waals surface area contributed by atoms with Crippen molar-refractivity contribution in [3.05, 3.63) is 12.2 Å². The first-order valence-electron chi connectivity index (χ1n) is 7.45. The second-order valence-electron chi connectivity index (χ2n) is 5.57. The number of rotatable bonds is 0. The van der Waals surface area contributed by atoms with E-state index in [9.17, 15) is 4.79 Å². The fourth-order valence-electron chi connectivity index (χ4n) is 2.49. The predicted octanol–water partition coefficient (Wildman–Crippen LogP) is 5.05. The zero-order valence-corrected chi connectivity index (χ0v) is 11.4. The van der Waals surface area contributed by atoms with E-state index in [-0.39, 0.29) is 0 Å². The highest BCUT2D eigenvalue weighted by Gasteiger charge is 2.07. The molecule has 1 aliphatic rings. The maximum atomic E-state index is 11.7. The molecule has 0 saturated carbocycles. The van der Waals surface area contributed by atoms with Gasteiger partial charge < -0.3 is 0 Å². The van der Waals surface area contributed by atoms with Crippen molar-refractivity contribution in [2.45, 2.75) is 77.6 Å². The van der Waals surface area contributed by atoms with Crippen molar-refractivity contribution in [2.24, 2.45) is 5.92 Å². The van der Waals surface area contributed by atoms with E-state index in [4.69, 9.17) is 0 Å². The lowest BCUT2D eigenvalue weighted by Gasteiger charge is -2.07. The highest BCUT2D eigenvalue weighted by atomic mass is 16.1. The van der Waals surface area contributed by atoms with Crippen molar-refractivity contribution in [3.63, 3.8) is 0 Å². The summed E-state index contributed by atoms with van der Waals surface area (Å²) in [6.07, 6.45) is 17.6. The maximum Gasteiger partial charge on any atom is 0.133 e. The minimum absolute atomic E-state index is 0.473. The molecule has 1 rings (SSSR count). The van der Waals surface area contributed by atoms with Gasteiger partial charge in [0.25, 0.3) is 0 Å². The second kappa shape index (κ2) is 9.44. The van der Waals surface area contributed by atoms with Crippen LogP contribution in [0, 0.1) is 5.92 Å². The quantitative estimate of drug-likeness (QED) is 0.538. The van der Waals surface area contributed by atoms with Gasteiger partial charge in [-0.1, -0.05) is 51.2 Å². The Morgan fingerprint density at radius 1 is 0.941 bits per heavy atom. The van der Waals surface area contributed by atoms with E-state index in [0.717, 1.165) is 25.7 Å². The van der Waals surface area contributed by atoms with Gasteiger partial charge in [0.2, 0.25) is 0 Å². The number of carbonyl (C=O) groups excluding carboxylic acids is 1. The van der Waals surface area contributed by atoms with Gasteiger partial charge in [0.05, 0.1) is 0 Å².